The Kier molecular flexibility index (Phi) is 4.46. The van der Waals surface area contributed by atoms with Crippen molar-refractivity contribution in [2.75, 3.05) is 6.61 Å². The zero-order valence-electron chi connectivity index (χ0n) is 11.6. The van der Waals surface area contributed by atoms with Gasteiger partial charge in [0.2, 0.25) is 0 Å². The Morgan fingerprint density at radius 2 is 2.11 bits per heavy atom. The van der Waals surface area contributed by atoms with Crippen LogP contribution < -0.4 is 4.74 Å². The maximum absolute atomic E-state index is 11.5. The molecule has 3 unspecified atom stereocenters. The lowest BCUT2D eigenvalue weighted by atomic mass is 9.71. The Bertz CT molecular complexity index is 441. The van der Waals surface area contributed by atoms with Crippen LogP contribution in [0.1, 0.15) is 44.6 Å². The summed E-state index contributed by atoms with van der Waals surface area (Å²) in [5.74, 6) is 0.538. The Labute approximate surface area is 114 Å². The summed E-state index contributed by atoms with van der Waals surface area (Å²) in [6, 6.07) is 7.87. The van der Waals surface area contributed by atoms with Crippen molar-refractivity contribution in [2.24, 2.45) is 11.8 Å². The highest BCUT2D eigenvalue weighted by molar-refractivity contribution is 5.72. The van der Waals surface area contributed by atoms with Crippen molar-refractivity contribution < 1.29 is 14.6 Å². The molecule has 1 saturated carbocycles. The highest BCUT2D eigenvalue weighted by Crippen LogP contribution is 2.43. The first-order valence-electron chi connectivity index (χ1n) is 7.08. The van der Waals surface area contributed by atoms with Gasteiger partial charge in [-0.05, 0) is 43.7 Å². The molecule has 0 amide bonds. The van der Waals surface area contributed by atoms with Gasteiger partial charge in [0, 0.05) is 5.92 Å². The van der Waals surface area contributed by atoms with Crippen LogP contribution in [0.4, 0.5) is 0 Å². The van der Waals surface area contributed by atoms with Crippen molar-refractivity contribution in [3.8, 4) is 5.75 Å². The summed E-state index contributed by atoms with van der Waals surface area (Å²) >= 11 is 0. The van der Waals surface area contributed by atoms with Gasteiger partial charge in [0.25, 0.3) is 0 Å². The van der Waals surface area contributed by atoms with Crippen molar-refractivity contribution in [1.29, 1.82) is 0 Å². The van der Waals surface area contributed by atoms with Gasteiger partial charge in [-0.25, -0.2) is 0 Å². The van der Waals surface area contributed by atoms with E-state index in [1.165, 1.54) is 0 Å². The molecule has 104 valence electrons. The summed E-state index contributed by atoms with van der Waals surface area (Å²) in [5.41, 5.74) is 1.06. The SMILES string of the molecule is CCOc1ccccc1C1CC(C)CCC1C(=O)O. The normalized spacial score (nSPS) is 26.9. The molecular formula is C16H22O3. The summed E-state index contributed by atoms with van der Waals surface area (Å²) in [6.45, 7) is 4.76. The minimum Gasteiger partial charge on any atom is -0.494 e. The molecular weight excluding hydrogens is 240 g/mol. The van der Waals surface area contributed by atoms with Gasteiger partial charge in [-0.1, -0.05) is 25.1 Å². The zero-order valence-corrected chi connectivity index (χ0v) is 11.6. The molecule has 0 heterocycles. The van der Waals surface area contributed by atoms with Gasteiger partial charge in [0.15, 0.2) is 0 Å². The van der Waals surface area contributed by atoms with Gasteiger partial charge in [0.1, 0.15) is 5.75 Å². The number of hydrogen-bond acceptors (Lipinski definition) is 2. The van der Waals surface area contributed by atoms with Crippen LogP contribution in [0.25, 0.3) is 0 Å². The van der Waals surface area contributed by atoms with Crippen molar-refractivity contribution in [2.45, 2.75) is 39.0 Å². The molecule has 1 aromatic rings. The number of hydrogen-bond donors (Lipinski definition) is 1. The fourth-order valence-electron chi connectivity index (χ4n) is 3.09. The molecule has 3 nitrogen and oxygen atoms in total. The van der Waals surface area contributed by atoms with E-state index in [0.29, 0.717) is 12.5 Å². The average molecular weight is 262 g/mol. The summed E-state index contributed by atoms with van der Waals surface area (Å²) < 4.78 is 5.66. The maximum atomic E-state index is 11.5. The smallest absolute Gasteiger partial charge is 0.307 e. The summed E-state index contributed by atoms with van der Waals surface area (Å²) in [4.78, 5) is 11.5. The van der Waals surface area contributed by atoms with E-state index in [0.717, 1.165) is 30.6 Å². The molecule has 1 aromatic carbocycles. The van der Waals surface area contributed by atoms with Gasteiger partial charge in [-0.2, -0.15) is 0 Å². The van der Waals surface area contributed by atoms with Gasteiger partial charge < -0.3 is 9.84 Å². The lowest BCUT2D eigenvalue weighted by molar-refractivity contribution is -0.143. The van der Waals surface area contributed by atoms with E-state index in [4.69, 9.17) is 4.74 Å². The molecule has 2 rings (SSSR count). The molecule has 0 spiro atoms. The van der Waals surface area contributed by atoms with Gasteiger partial charge >= 0.3 is 5.97 Å². The molecule has 1 aliphatic rings. The quantitative estimate of drug-likeness (QED) is 0.900. The molecule has 0 aromatic heterocycles. The lowest BCUT2D eigenvalue weighted by Crippen LogP contribution is -2.28. The van der Waals surface area contributed by atoms with Crippen LogP contribution in [0, 0.1) is 11.8 Å². The Hall–Kier alpha value is -1.51. The molecule has 3 heteroatoms. The third kappa shape index (κ3) is 3.09. The van der Waals surface area contributed by atoms with E-state index in [2.05, 4.69) is 6.92 Å². The first-order chi connectivity index (χ1) is 9.13. The predicted octanol–water partition coefficient (Wildman–Crippen LogP) is 3.69. The third-order valence-corrected chi connectivity index (χ3v) is 4.05. The molecule has 1 fully saturated rings. The molecule has 1 N–H and O–H groups in total. The standard InChI is InChI=1S/C16H22O3/c1-3-19-15-7-5-4-6-12(15)14-10-11(2)8-9-13(14)16(17)18/h4-7,11,13-14H,3,8-10H2,1-2H3,(H,17,18). The van der Waals surface area contributed by atoms with Crippen molar-refractivity contribution in [3.63, 3.8) is 0 Å². The summed E-state index contributed by atoms with van der Waals surface area (Å²) in [5, 5.41) is 9.44. The fourth-order valence-corrected chi connectivity index (χ4v) is 3.09. The van der Waals surface area contributed by atoms with Crippen molar-refractivity contribution >= 4 is 5.97 Å². The first kappa shape index (κ1) is 13.9. The molecule has 0 aliphatic heterocycles. The first-order valence-corrected chi connectivity index (χ1v) is 7.08. The molecule has 0 saturated heterocycles. The highest BCUT2D eigenvalue weighted by Gasteiger charge is 2.35. The summed E-state index contributed by atoms with van der Waals surface area (Å²) in [6.07, 6.45) is 2.70. The molecule has 0 bridgehead atoms. The topological polar surface area (TPSA) is 46.5 Å². The van der Waals surface area contributed by atoms with Crippen LogP contribution in [-0.2, 0) is 4.79 Å². The maximum Gasteiger partial charge on any atom is 0.307 e. The number of benzene rings is 1. The predicted molar refractivity (Wildman–Crippen MR) is 74.5 cm³/mol. The van der Waals surface area contributed by atoms with Crippen molar-refractivity contribution in [1.82, 2.24) is 0 Å². The number of carboxylic acids is 1. The van der Waals surface area contributed by atoms with E-state index in [1.54, 1.807) is 0 Å². The molecule has 1 aliphatic carbocycles. The number of carboxylic acid groups (broad SMARTS) is 1. The fraction of sp³-hybridized carbons (Fsp3) is 0.562. The Morgan fingerprint density at radius 3 is 2.79 bits per heavy atom. The minimum atomic E-state index is -0.678. The van der Waals surface area contributed by atoms with Crippen LogP contribution in [0.5, 0.6) is 5.75 Å². The van der Waals surface area contributed by atoms with E-state index in [1.807, 2.05) is 31.2 Å². The third-order valence-electron chi connectivity index (χ3n) is 4.05. The van der Waals surface area contributed by atoms with E-state index < -0.39 is 5.97 Å². The van der Waals surface area contributed by atoms with Crippen LogP contribution in [0.2, 0.25) is 0 Å². The van der Waals surface area contributed by atoms with Crippen LogP contribution in [0.15, 0.2) is 24.3 Å². The van der Waals surface area contributed by atoms with Gasteiger partial charge in [0.05, 0.1) is 12.5 Å². The number of carbonyl (C=O) groups is 1. The monoisotopic (exact) mass is 262 g/mol. The second-order valence-corrected chi connectivity index (χ2v) is 5.44. The molecule has 3 atom stereocenters. The molecule has 19 heavy (non-hydrogen) atoms. The van der Waals surface area contributed by atoms with E-state index in [9.17, 15) is 9.90 Å². The largest absolute Gasteiger partial charge is 0.494 e. The zero-order chi connectivity index (χ0) is 13.8. The Morgan fingerprint density at radius 1 is 1.37 bits per heavy atom. The number of ether oxygens (including phenoxy) is 1. The minimum absolute atomic E-state index is 0.0731. The number of aliphatic carboxylic acids is 1. The van der Waals surface area contributed by atoms with Crippen molar-refractivity contribution in [3.05, 3.63) is 29.8 Å². The van der Waals surface area contributed by atoms with Crippen LogP contribution >= 0.6 is 0 Å². The Balaban J connectivity index is 2.33. The molecule has 0 radical (unpaired) electrons. The van der Waals surface area contributed by atoms with E-state index >= 15 is 0 Å². The van der Waals surface area contributed by atoms with Gasteiger partial charge in [-0.15, -0.1) is 0 Å². The summed E-state index contributed by atoms with van der Waals surface area (Å²) in [7, 11) is 0. The average Bonchev–Trinajstić information content (AvgIpc) is 2.39. The van der Waals surface area contributed by atoms with Crippen LogP contribution in [-0.4, -0.2) is 17.7 Å². The highest BCUT2D eigenvalue weighted by atomic mass is 16.5. The number of rotatable bonds is 4. The van der Waals surface area contributed by atoms with Gasteiger partial charge in [-0.3, -0.25) is 4.79 Å². The van der Waals surface area contributed by atoms with Crippen LogP contribution in [0.3, 0.4) is 0 Å². The number of para-hydroxylation sites is 1. The van der Waals surface area contributed by atoms with E-state index in [-0.39, 0.29) is 11.8 Å². The second kappa shape index (κ2) is 6.09. The lowest BCUT2D eigenvalue weighted by Gasteiger charge is -2.33. The second-order valence-electron chi connectivity index (χ2n) is 5.44.